The largest absolute Gasteiger partial charge is 0.490 e. The van der Waals surface area contributed by atoms with E-state index in [1.807, 2.05) is 49.4 Å². The average Bonchev–Trinajstić information content (AvgIpc) is 3.01. The zero-order valence-electron chi connectivity index (χ0n) is 17.1. The number of amides is 1. The van der Waals surface area contributed by atoms with Crippen LogP contribution in [0.1, 0.15) is 38.3 Å². The van der Waals surface area contributed by atoms with E-state index in [0.717, 1.165) is 23.4 Å². The fraction of sp³-hybridized carbons (Fsp3) is 0.435. The van der Waals surface area contributed by atoms with Crippen molar-refractivity contribution in [1.29, 1.82) is 0 Å². The minimum absolute atomic E-state index is 0.0240. The molecule has 2 aromatic rings. The number of nitrogens with zero attached hydrogens (tertiary/aromatic N) is 1. The summed E-state index contributed by atoms with van der Waals surface area (Å²) < 4.78 is 11.6. The zero-order chi connectivity index (χ0) is 20.3. The predicted octanol–water partition coefficient (Wildman–Crippen LogP) is 3.89. The Hall–Kier alpha value is -2.53. The maximum atomic E-state index is 12.8. The van der Waals surface area contributed by atoms with Gasteiger partial charge in [0.25, 0.3) is 5.91 Å². The number of anilines is 1. The monoisotopic (exact) mass is 383 g/mol. The van der Waals surface area contributed by atoms with Gasteiger partial charge in [-0.15, -0.1) is 0 Å². The molecule has 2 aromatic carbocycles. The fourth-order valence-electron chi connectivity index (χ4n) is 3.21. The van der Waals surface area contributed by atoms with Crippen molar-refractivity contribution in [2.75, 3.05) is 18.1 Å². The van der Waals surface area contributed by atoms with Gasteiger partial charge in [0.05, 0.1) is 5.60 Å². The summed E-state index contributed by atoms with van der Waals surface area (Å²) in [7, 11) is 0. The molecule has 1 unspecified atom stereocenters. The number of hydrogen-bond acceptors (Lipinski definition) is 4. The van der Waals surface area contributed by atoms with Crippen LogP contribution in [0, 0.1) is 6.92 Å². The Balaban J connectivity index is 1.66. The van der Waals surface area contributed by atoms with E-state index >= 15 is 0 Å². The molecular formula is C23H29NO4. The molecule has 1 atom stereocenters. The lowest BCUT2D eigenvalue weighted by atomic mass is 10.1. The van der Waals surface area contributed by atoms with E-state index in [2.05, 4.69) is 6.92 Å². The maximum Gasteiger partial charge on any atom is 0.268 e. The molecular weight excluding hydrogens is 354 g/mol. The molecule has 5 nitrogen and oxygen atoms in total. The lowest BCUT2D eigenvalue weighted by Gasteiger charge is -2.21. The lowest BCUT2D eigenvalue weighted by Crippen LogP contribution is -2.32. The van der Waals surface area contributed by atoms with E-state index in [4.69, 9.17) is 9.47 Å². The van der Waals surface area contributed by atoms with Gasteiger partial charge in [0, 0.05) is 18.7 Å². The maximum absolute atomic E-state index is 12.8. The quantitative estimate of drug-likeness (QED) is 0.788. The molecule has 1 heterocycles. The van der Waals surface area contributed by atoms with Crippen molar-refractivity contribution in [3.05, 3.63) is 53.6 Å². The molecule has 0 aliphatic carbocycles. The third-order valence-corrected chi connectivity index (χ3v) is 4.82. The van der Waals surface area contributed by atoms with Crippen LogP contribution in [-0.4, -0.2) is 35.9 Å². The highest BCUT2D eigenvalue weighted by molar-refractivity contribution is 5.99. The second-order valence-electron chi connectivity index (χ2n) is 7.93. The molecule has 1 fully saturated rings. The lowest BCUT2D eigenvalue weighted by molar-refractivity contribution is -0.122. The summed E-state index contributed by atoms with van der Waals surface area (Å²) in [6.45, 7) is 8.29. The van der Waals surface area contributed by atoms with Gasteiger partial charge in [-0.2, -0.15) is 0 Å². The van der Waals surface area contributed by atoms with Crippen LogP contribution in [0.25, 0.3) is 0 Å². The molecule has 3 rings (SSSR count). The smallest absolute Gasteiger partial charge is 0.268 e. The number of aliphatic hydroxyl groups is 1. The van der Waals surface area contributed by atoms with Crippen LogP contribution in [0.15, 0.2) is 42.5 Å². The Labute approximate surface area is 166 Å². The number of benzene rings is 2. The molecule has 28 heavy (non-hydrogen) atoms. The molecule has 1 aliphatic rings. The topological polar surface area (TPSA) is 59.0 Å². The van der Waals surface area contributed by atoms with Crippen LogP contribution in [0.3, 0.4) is 0 Å². The molecule has 1 N–H and O–H groups in total. The minimum Gasteiger partial charge on any atom is -0.490 e. The van der Waals surface area contributed by atoms with Gasteiger partial charge in [-0.25, -0.2) is 0 Å². The highest BCUT2D eigenvalue weighted by Gasteiger charge is 2.34. The zero-order valence-corrected chi connectivity index (χ0v) is 17.1. The van der Waals surface area contributed by atoms with Gasteiger partial charge in [0.1, 0.15) is 18.1 Å². The summed E-state index contributed by atoms with van der Waals surface area (Å²) in [5.74, 6) is 1.41. The molecule has 1 saturated heterocycles. The van der Waals surface area contributed by atoms with Gasteiger partial charge in [-0.1, -0.05) is 19.1 Å². The molecule has 0 bridgehead atoms. The molecule has 150 valence electrons. The Morgan fingerprint density at radius 2 is 1.89 bits per heavy atom. The van der Waals surface area contributed by atoms with Crippen LogP contribution < -0.4 is 14.4 Å². The van der Waals surface area contributed by atoms with Crippen molar-refractivity contribution in [3.63, 3.8) is 0 Å². The first-order valence-corrected chi connectivity index (χ1v) is 9.79. The van der Waals surface area contributed by atoms with Gasteiger partial charge < -0.3 is 19.5 Å². The number of carbonyl (C=O) groups is 1. The molecule has 1 aliphatic heterocycles. The number of hydrogen-bond donors (Lipinski definition) is 1. The van der Waals surface area contributed by atoms with Crippen molar-refractivity contribution >= 4 is 11.6 Å². The van der Waals surface area contributed by atoms with E-state index in [1.54, 1.807) is 18.7 Å². The first-order chi connectivity index (χ1) is 13.3. The Morgan fingerprint density at radius 3 is 2.50 bits per heavy atom. The molecule has 0 saturated carbocycles. The SMILES string of the molecule is CCc1ccc(OC2CCN(c3ccc(OCC(C)(C)O)c(C)c3)C2=O)cc1. The summed E-state index contributed by atoms with van der Waals surface area (Å²) in [6.07, 6.45) is 1.18. The Bertz CT molecular complexity index is 823. The Kier molecular flexibility index (Phi) is 5.94. The summed E-state index contributed by atoms with van der Waals surface area (Å²) in [4.78, 5) is 14.6. The number of carbonyl (C=O) groups excluding carboxylic acids is 1. The number of rotatable bonds is 7. The van der Waals surface area contributed by atoms with Crippen LogP contribution >= 0.6 is 0 Å². The van der Waals surface area contributed by atoms with Crippen molar-refractivity contribution in [1.82, 2.24) is 0 Å². The second-order valence-corrected chi connectivity index (χ2v) is 7.93. The summed E-state index contributed by atoms with van der Waals surface area (Å²) >= 11 is 0. The van der Waals surface area contributed by atoms with Crippen molar-refractivity contribution in [3.8, 4) is 11.5 Å². The van der Waals surface area contributed by atoms with E-state index in [0.29, 0.717) is 18.7 Å². The van der Waals surface area contributed by atoms with Gasteiger partial charge in [0.2, 0.25) is 0 Å². The normalized spacial score (nSPS) is 17.1. The summed E-state index contributed by atoms with van der Waals surface area (Å²) in [6, 6.07) is 13.6. The van der Waals surface area contributed by atoms with Crippen LogP contribution in [0.4, 0.5) is 5.69 Å². The van der Waals surface area contributed by atoms with E-state index in [1.165, 1.54) is 5.56 Å². The standard InChI is InChI=1S/C23H29NO4/c1-5-17-6-9-19(10-7-17)28-21-12-13-24(22(21)25)18-8-11-20(16(2)14-18)27-15-23(3,4)26/h6-11,14,21,26H,5,12-13,15H2,1-4H3. The fourth-order valence-corrected chi connectivity index (χ4v) is 3.21. The summed E-state index contributed by atoms with van der Waals surface area (Å²) in [5.41, 5.74) is 2.12. The van der Waals surface area contributed by atoms with Crippen LogP contribution in [0.2, 0.25) is 0 Å². The Morgan fingerprint density at radius 1 is 1.18 bits per heavy atom. The second kappa shape index (κ2) is 8.23. The average molecular weight is 383 g/mol. The van der Waals surface area contributed by atoms with Crippen molar-refractivity contribution in [2.45, 2.75) is 52.2 Å². The number of aryl methyl sites for hydroxylation is 2. The van der Waals surface area contributed by atoms with Gasteiger partial charge in [-0.05, 0) is 68.7 Å². The van der Waals surface area contributed by atoms with Crippen molar-refractivity contribution in [2.24, 2.45) is 0 Å². The highest BCUT2D eigenvalue weighted by atomic mass is 16.5. The molecule has 0 aromatic heterocycles. The van der Waals surface area contributed by atoms with E-state index in [9.17, 15) is 9.90 Å². The molecule has 5 heteroatoms. The van der Waals surface area contributed by atoms with Crippen LogP contribution in [-0.2, 0) is 11.2 Å². The highest BCUT2D eigenvalue weighted by Crippen LogP contribution is 2.29. The third kappa shape index (κ3) is 4.84. The molecule has 0 spiro atoms. The third-order valence-electron chi connectivity index (χ3n) is 4.82. The van der Waals surface area contributed by atoms with Crippen LogP contribution in [0.5, 0.6) is 11.5 Å². The van der Waals surface area contributed by atoms with Gasteiger partial charge in [0.15, 0.2) is 6.10 Å². The first kappa shape index (κ1) is 20.2. The van der Waals surface area contributed by atoms with Gasteiger partial charge in [-0.3, -0.25) is 4.79 Å². The van der Waals surface area contributed by atoms with Crippen molar-refractivity contribution < 1.29 is 19.4 Å². The first-order valence-electron chi connectivity index (χ1n) is 9.79. The summed E-state index contributed by atoms with van der Waals surface area (Å²) in [5, 5.41) is 9.82. The molecule has 0 radical (unpaired) electrons. The number of ether oxygens (including phenoxy) is 2. The predicted molar refractivity (Wildman–Crippen MR) is 110 cm³/mol. The van der Waals surface area contributed by atoms with E-state index < -0.39 is 11.7 Å². The van der Waals surface area contributed by atoms with Gasteiger partial charge >= 0.3 is 0 Å². The molecule has 1 amide bonds. The van der Waals surface area contributed by atoms with E-state index in [-0.39, 0.29) is 12.5 Å². The minimum atomic E-state index is -0.893.